The minimum atomic E-state index is -4.38. The zero-order valence-electron chi connectivity index (χ0n) is 17.3. The van der Waals surface area contributed by atoms with Crippen molar-refractivity contribution in [2.75, 3.05) is 31.1 Å². The summed E-state index contributed by atoms with van der Waals surface area (Å²) in [6, 6.07) is 12.6. The van der Waals surface area contributed by atoms with Gasteiger partial charge in [0, 0.05) is 36.8 Å². The molecule has 0 radical (unpaired) electrons. The number of alkyl halides is 3. The van der Waals surface area contributed by atoms with Crippen LogP contribution >= 0.6 is 11.8 Å². The lowest BCUT2D eigenvalue weighted by Crippen LogP contribution is -2.49. The number of aryl methyl sites for hydroxylation is 1. The minimum absolute atomic E-state index is 0.0986. The molecular formula is C22H21F3N4O2S. The van der Waals surface area contributed by atoms with Gasteiger partial charge in [-0.05, 0) is 37.3 Å². The molecule has 6 nitrogen and oxygen atoms in total. The molecule has 168 valence electrons. The minimum Gasteiger partial charge on any atom is -0.368 e. The third-order valence-corrected chi connectivity index (χ3v) is 6.20. The molecule has 1 aliphatic heterocycles. The predicted octanol–water partition coefficient (Wildman–Crippen LogP) is 4.65. The topological polar surface area (TPSA) is 62.5 Å². The number of hydrogen-bond acceptors (Lipinski definition) is 6. The summed E-state index contributed by atoms with van der Waals surface area (Å²) in [7, 11) is 0. The van der Waals surface area contributed by atoms with Gasteiger partial charge >= 0.3 is 6.18 Å². The average Bonchev–Trinajstić information content (AvgIpc) is 3.22. The fourth-order valence-electron chi connectivity index (χ4n) is 3.52. The van der Waals surface area contributed by atoms with Crippen LogP contribution < -0.4 is 4.90 Å². The van der Waals surface area contributed by atoms with Crippen LogP contribution in [0, 0.1) is 6.92 Å². The van der Waals surface area contributed by atoms with Crippen molar-refractivity contribution in [1.82, 2.24) is 15.0 Å². The second kappa shape index (κ2) is 9.23. The van der Waals surface area contributed by atoms with Crippen molar-refractivity contribution in [3.05, 3.63) is 71.4 Å². The summed E-state index contributed by atoms with van der Waals surface area (Å²) in [5.74, 6) is 1.40. The number of aromatic nitrogens is 2. The first-order chi connectivity index (χ1) is 15.3. The van der Waals surface area contributed by atoms with Crippen LogP contribution in [-0.2, 0) is 11.9 Å². The normalized spacial score (nSPS) is 14.6. The van der Waals surface area contributed by atoms with Gasteiger partial charge in [-0.2, -0.15) is 18.2 Å². The molecule has 1 saturated heterocycles. The lowest BCUT2D eigenvalue weighted by molar-refractivity contribution is -0.137. The summed E-state index contributed by atoms with van der Waals surface area (Å²) in [4.78, 5) is 21.8. The Morgan fingerprint density at radius 1 is 1.09 bits per heavy atom. The summed E-state index contributed by atoms with van der Waals surface area (Å²) in [5, 5.41) is 3.77. The molecule has 4 rings (SSSR count). The van der Waals surface area contributed by atoms with E-state index in [1.54, 1.807) is 24.0 Å². The standard InChI is InChI=1S/C22H21F3N4O2S/c1-15-26-20(31-27-15)14-32-19-8-3-2-7-18(19)21(30)29-11-9-28(10-12-29)17-6-4-5-16(13-17)22(23,24)25/h2-8,13H,9-12,14H2,1H3. The number of piperazine rings is 1. The molecule has 32 heavy (non-hydrogen) atoms. The van der Waals surface area contributed by atoms with E-state index in [0.29, 0.717) is 54.9 Å². The number of rotatable bonds is 5. The molecule has 2 heterocycles. The van der Waals surface area contributed by atoms with Crippen molar-refractivity contribution in [3.63, 3.8) is 0 Å². The maximum Gasteiger partial charge on any atom is 0.416 e. The van der Waals surface area contributed by atoms with Crippen LogP contribution in [0.2, 0.25) is 0 Å². The number of thioether (sulfide) groups is 1. The van der Waals surface area contributed by atoms with E-state index in [1.165, 1.54) is 17.8 Å². The Kier molecular flexibility index (Phi) is 6.40. The number of hydrogen-bond donors (Lipinski definition) is 0. The number of amides is 1. The number of carbonyl (C=O) groups excluding carboxylic acids is 1. The Labute approximate surface area is 187 Å². The van der Waals surface area contributed by atoms with Gasteiger partial charge in [-0.25, -0.2) is 0 Å². The van der Waals surface area contributed by atoms with Gasteiger partial charge in [0.25, 0.3) is 5.91 Å². The van der Waals surface area contributed by atoms with Gasteiger partial charge in [0.2, 0.25) is 5.89 Å². The van der Waals surface area contributed by atoms with E-state index in [4.69, 9.17) is 4.52 Å². The number of carbonyl (C=O) groups is 1. The van der Waals surface area contributed by atoms with Gasteiger partial charge in [0.05, 0.1) is 16.9 Å². The Morgan fingerprint density at radius 3 is 2.53 bits per heavy atom. The summed E-state index contributed by atoms with van der Waals surface area (Å²) < 4.78 is 44.2. The predicted molar refractivity (Wildman–Crippen MR) is 115 cm³/mol. The molecule has 1 amide bonds. The van der Waals surface area contributed by atoms with Crippen LogP contribution in [0.1, 0.15) is 27.6 Å². The monoisotopic (exact) mass is 462 g/mol. The van der Waals surface area contributed by atoms with E-state index < -0.39 is 11.7 Å². The first kappa shape index (κ1) is 22.2. The van der Waals surface area contributed by atoms with Crippen LogP contribution in [0.4, 0.5) is 18.9 Å². The van der Waals surface area contributed by atoms with Gasteiger partial charge in [-0.1, -0.05) is 23.4 Å². The zero-order valence-corrected chi connectivity index (χ0v) is 18.1. The highest BCUT2D eigenvalue weighted by atomic mass is 32.2. The molecule has 3 aromatic rings. The molecule has 0 N–H and O–H groups in total. The van der Waals surface area contributed by atoms with Crippen LogP contribution in [0.3, 0.4) is 0 Å². The molecular weight excluding hydrogens is 441 g/mol. The Balaban J connectivity index is 1.41. The molecule has 1 fully saturated rings. The zero-order chi connectivity index (χ0) is 22.7. The van der Waals surface area contributed by atoms with Crippen molar-refractivity contribution in [2.24, 2.45) is 0 Å². The number of benzene rings is 2. The summed E-state index contributed by atoms with van der Waals surface area (Å²) in [6.07, 6.45) is -4.38. The summed E-state index contributed by atoms with van der Waals surface area (Å²) >= 11 is 1.45. The molecule has 2 aromatic carbocycles. The van der Waals surface area contributed by atoms with E-state index >= 15 is 0 Å². The van der Waals surface area contributed by atoms with Gasteiger partial charge in [0.1, 0.15) is 0 Å². The van der Waals surface area contributed by atoms with Gasteiger partial charge in [-0.3, -0.25) is 4.79 Å². The molecule has 10 heteroatoms. The smallest absolute Gasteiger partial charge is 0.368 e. The quantitative estimate of drug-likeness (QED) is 0.515. The molecule has 0 unspecified atom stereocenters. The lowest BCUT2D eigenvalue weighted by Gasteiger charge is -2.36. The molecule has 0 aliphatic carbocycles. The summed E-state index contributed by atoms with van der Waals surface area (Å²) in [5.41, 5.74) is 0.426. The van der Waals surface area contributed by atoms with Crippen LogP contribution in [0.15, 0.2) is 57.9 Å². The van der Waals surface area contributed by atoms with Crippen molar-refractivity contribution in [3.8, 4) is 0 Å². The molecule has 0 saturated carbocycles. The number of anilines is 1. The fraction of sp³-hybridized carbons (Fsp3) is 0.318. The SMILES string of the molecule is Cc1noc(CSc2ccccc2C(=O)N2CCN(c3cccc(C(F)(F)F)c3)CC2)n1. The molecule has 0 atom stereocenters. The number of nitrogens with zero attached hydrogens (tertiary/aromatic N) is 4. The van der Waals surface area contributed by atoms with Crippen LogP contribution in [0.5, 0.6) is 0 Å². The van der Waals surface area contributed by atoms with Crippen LogP contribution in [-0.4, -0.2) is 47.1 Å². The van der Waals surface area contributed by atoms with Gasteiger partial charge in [-0.15, -0.1) is 11.8 Å². The van der Waals surface area contributed by atoms with E-state index in [0.717, 1.165) is 17.0 Å². The molecule has 0 spiro atoms. The van der Waals surface area contributed by atoms with Crippen molar-refractivity contribution < 1.29 is 22.5 Å². The highest BCUT2D eigenvalue weighted by Gasteiger charge is 2.31. The average molecular weight is 462 g/mol. The van der Waals surface area contributed by atoms with Crippen LogP contribution in [0.25, 0.3) is 0 Å². The highest BCUT2D eigenvalue weighted by molar-refractivity contribution is 7.98. The number of halogens is 3. The second-order valence-electron chi connectivity index (χ2n) is 7.35. The Hall–Kier alpha value is -3.01. The van der Waals surface area contributed by atoms with Crippen molar-refractivity contribution in [1.29, 1.82) is 0 Å². The van der Waals surface area contributed by atoms with E-state index in [2.05, 4.69) is 10.1 Å². The lowest BCUT2D eigenvalue weighted by atomic mass is 10.1. The first-order valence-corrected chi connectivity index (χ1v) is 11.0. The maximum absolute atomic E-state index is 13.2. The third-order valence-electron chi connectivity index (χ3n) is 5.14. The first-order valence-electron chi connectivity index (χ1n) is 10.0. The summed E-state index contributed by atoms with van der Waals surface area (Å²) in [6.45, 7) is 3.52. The third kappa shape index (κ3) is 5.07. The van der Waals surface area contributed by atoms with E-state index in [1.807, 2.05) is 23.1 Å². The molecule has 1 aliphatic rings. The largest absolute Gasteiger partial charge is 0.416 e. The van der Waals surface area contributed by atoms with E-state index in [9.17, 15) is 18.0 Å². The Morgan fingerprint density at radius 2 is 1.84 bits per heavy atom. The maximum atomic E-state index is 13.2. The second-order valence-corrected chi connectivity index (χ2v) is 8.36. The van der Waals surface area contributed by atoms with Crippen molar-refractivity contribution in [2.45, 2.75) is 23.7 Å². The van der Waals surface area contributed by atoms with Crippen molar-refractivity contribution >= 4 is 23.4 Å². The van der Waals surface area contributed by atoms with Gasteiger partial charge in [0.15, 0.2) is 5.82 Å². The molecule has 0 bridgehead atoms. The fourth-order valence-corrected chi connectivity index (χ4v) is 4.41. The van der Waals surface area contributed by atoms with Gasteiger partial charge < -0.3 is 14.3 Å². The Bertz CT molecular complexity index is 1090. The highest BCUT2D eigenvalue weighted by Crippen LogP contribution is 2.32. The molecule has 1 aromatic heterocycles. The van der Waals surface area contributed by atoms with E-state index in [-0.39, 0.29) is 5.91 Å².